The standard InChI is InChI=1S/C11H9BrClN3O2S/c1-7-9(12)3-2-4-10(7)16-19(17,18)8-5-14-11(13)15-6-8/h2-6,16H,1H3. The van der Waals surface area contributed by atoms with Gasteiger partial charge in [0.15, 0.2) is 0 Å². The lowest BCUT2D eigenvalue weighted by molar-refractivity contribution is 0.600. The first kappa shape index (κ1) is 14.2. The maximum absolute atomic E-state index is 12.1. The third kappa shape index (κ3) is 3.23. The highest BCUT2D eigenvalue weighted by Gasteiger charge is 2.16. The molecule has 5 nitrogen and oxygen atoms in total. The van der Waals surface area contributed by atoms with Crippen LogP contribution in [-0.4, -0.2) is 18.4 Å². The van der Waals surface area contributed by atoms with Crippen molar-refractivity contribution in [1.82, 2.24) is 9.97 Å². The Morgan fingerprint density at radius 1 is 1.26 bits per heavy atom. The average Bonchev–Trinajstić information content (AvgIpc) is 2.35. The van der Waals surface area contributed by atoms with E-state index in [1.807, 2.05) is 6.07 Å². The minimum atomic E-state index is -3.72. The van der Waals surface area contributed by atoms with Gasteiger partial charge in [-0.15, -0.1) is 0 Å². The number of halogens is 2. The molecule has 0 aliphatic rings. The van der Waals surface area contributed by atoms with E-state index in [-0.39, 0.29) is 10.2 Å². The van der Waals surface area contributed by atoms with Gasteiger partial charge in [0, 0.05) is 4.47 Å². The summed E-state index contributed by atoms with van der Waals surface area (Å²) >= 11 is 8.87. The molecule has 2 rings (SSSR count). The zero-order valence-corrected chi connectivity index (χ0v) is 12.9. The van der Waals surface area contributed by atoms with Crippen LogP contribution in [0.1, 0.15) is 5.56 Å². The number of rotatable bonds is 3. The number of anilines is 1. The molecule has 1 aromatic carbocycles. The molecule has 8 heteroatoms. The van der Waals surface area contributed by atoms with Gasteiger partial charge in [-0.05, 0) is 36.2 Å². The van der Waals surface area contributed by atoms with E-state index in [0.717, 1.165) is 22.4 Å². The number of benzene rings is 1. The van der Waals surface area contributed by atoms with Crippen LogP contribution in [0.4, 0.5) is 5.69 Å². The number of sulfonamides is 1. The highest BCUT2D eigenvalue weighted by molar-refractivity contribution is 9.10. The van der Waals surface area contributed by atoms with Crippen LogP contribution < -0.4 is 4.72 Å². The monoisotopic (exact) mass is 361 g/mol. The average molecular weight is 363 g/mol. The summed E-state index contributed by atoms with van der Waals surface area (Å²) in [5.74, 6) is 0. The van der Waals surface area contributed by atoms with Gasteiger partial charge in [-0.25, -0.2) is 18.4 Å². The van der Waals surface area contributed by atoms with Gasteiger partial charge in [0.1, 0.15) is 4.90 Å². The summed E-state index contributed by atoms with van der Waals surface area (Å²) in [6.07, 6.45) is 2.32. The van der Waals surface area contributed by atoms with E-state index < -0.39 is 10.0 Å². The SMILES string of the molecule is Cc1c(Br)cccc1NS(=O)(=O)c1cnc(Cl)nc1. The Labute approximate surface area is 124 Å². The third-order valence-corrected chi connectivity index (χ3v) is 4.79. The zero-order valence-electron chi connectivity index (χ0n) is 9.76. The van der Waals surface area contributed by atoms with Gasteiger partial charge < -0.3 is 0 Å². The van der Waals surface area contributed by atoms with Gasteiger partial charge in [-0.1, -0.05) is 22.0 Å². The van der Waals surface area contributed by atoms with E-state index in [2.05, 4.69) is 30.6 Å². The normalized spacial score (nSPS) is 11.3. The van der Waals surface area contributed by atoms with Crippen LogP contribution in [0.2, 0.25) is 5.28 Å². The molecule has 2 aromatic rings. The van der Waals surface area contributed by atoms with Crippen molar-refractivity contribution in [3.63, 3.8) is 0 Å². The Morgan fingerprint density at radius 3 is 2.53 bits per heavy atom. The minimum absolute atomic E-state index is 0.00224. The molecule has 100 valence electrons. The molecular formula is C11H9BrClN3O2S. The lowest BCUT2D eigenvalue weighted by atomic mass is 10.2. The highest BCUT2D eigenvalue weighted by atomic mass is 79.9. The van der Waals surface area contributed by atoms with Gasteiger partial charge >= 0.3 is 0 Å². The summed E-state index contributed by atoms with van der Waals surface area (Å²) in [6.45, 7) is 1.81. The van der Waals surface area contributed by atoms with Crippen molar-refractivity contribution in [3.8, 4) is 0 Å². The molecule has 0 radical (unpaired) electrons. The second-order valence-corrected chi connectivity index (χ2v) is 6.58. The van der Waals surface area contributed by atoms with Crippen LogP contribution in [0, 0.1) is 6.92 Å². The fourth-order valence-electron chi connectivity index (χ4n) is 1.36. The lowest BCUT2D eigenvalue weighted by Crippen LogP contribution is -2.14. The minimum Gasteiger partial charge on any atom is -0.279 e. The quantitative estimate of drug-likeness (QED) is 0.852. The molecule has 0 unspecified atom stereocenters. The van der Waals surface area contributed by atoms with Crippen molar-refractivity contribution in [2.75, 3.05) is 4.72 Å². The summed E-state index contributed by atoms with van der Waals surface area (Å²) in [4.78, 5) is 7.26. The van der Waals surface area contributed by atoms with Crippen LogP contribution in [0.3, 0.4) is 0 Å². The molecule has 0 spiro atoms. The van der Waals surface area contributed by atoms with E-state index in [9.17, 15) is 8.42 Å². The molecule has 1 heterocycles. The van der Waals surface area contributed by atoms with E-state index in [1.54, 1.807) is 19.1 Å². The maximum Gasteiger partial charge on any atom is 0.264 e. The van der Waals surface area contributed by atoms with Crippen LogP contribution in [0.25, 0.3) is 0 Å². The fourth-order valence-corrected chi connectivity index (χ4v) is 2.84. The number of hydrogen-bond acceptors (Lipinski definition) is 4. The summed E-state index contributed by atoms with van der Waals surface area (Å²) in [6, 6.07) is 5.25. The third-order valence-electron chi connectivity index (χ3n) is 2.42. The van der Waals surface area contributed by atoms with Crippen molar-refractivity contribution in [3.05, 3.63) is 45.9 Å². The van der Waals surface area contributed by atoms with Crippen molar-refractivity contribution >= 4 is 43.2 Å². The van der Waals surface area contributed by atoms with Gasteiger partial charge in [0.25, 0.3) is 10.0 Å². The van der Waals surface area contributed by atoms with Gasteiger partial charge in [-0.3, -0.25) is 4.72 Å². The molecule has 0 saturated carbocycles. The summed E-state index contributed by atoms with van der Waals surface area (Å²) in [5.41, 5.74) is 1.28. The molecule has 19 heavy (non-hydrogen) atoms. The Bertz CT molecular complexity index is 704. The van der Waals surface area contributed by atoms with Crippen molar-refractivity contribution in [2.45, 2.75) is 11.8 Å². The van der Waals surface area contributed by atoms with E-state index in [1.165, 1.54) is 0 Å². The maximum atomic E-state index is 12.1. The Kier molecular flexibility index (Phi) is 4.07. The van der Waals surface area contributed by atoms with Gasteiger partial charge in [-0.2, -0.15) is 0 Å². The molecule has 0 amide bonds. The molecule has 1 aromatic heterocycles. The first-order valence-corrected chi connectivity index (χ1v) is 7.81. The van der Waals surface area contributed by atoms with Crippen LogP contribution in [0.5, 0.6) is 0 Å². The second kappa shape index (κ2) is 5.44. The number of nitrogens with one attached hydrogen (secondary N) is 1. The smallest absolute Gasteiger partial charge is 0.264 e. The first-order valence-electron chi connectivity index (χ1n) is 5.15. The molecule has 0 atom stereocenters. The number of nitrogens with zero attached hydrogens (tertiary/aromatic N) is 2. The molecule has 0 bridgehead atoms. The summed E-state index contributed by atoms with van der Waals surface area (Å²) in [7, 11) is -3.72. The Hall–Kier alpha value is -1.18. The molecular weight excluding hydrogens is 354 g/mol. The predicted molar refractivity (Wildman–Crippen MR) is 76.7 cm³/mol. The van der Waals surface area contributed by atoms with Crippen LogP contribution >= 0.6 is 27.5 Å². The fraction of sp³-hybridized carbons (Fsp3) is 0.0909. The molecule has 0 fully saturated rings. The Morgan fingerprint density at radius 2 is 1.89 bits per heavy atom. The van der Waals surface area contributed by atoms with E-state index in [4.69, 9.17) is 11.6 Å². The van der Waals surface area contributed by atoms with Crippen molar-refractivity contribution < 1.29 is 8.42 Å². The van der Waals surface area contributed by atoms with Crippen molar-refractivity contribution in [2.24, 2.45) is 0 Å². The lowest BCUT2D eigenvalue weighted by Gasteiger charge is -2.11. The summed E-state index contributed by atoms with van der Waals surface area (Å²) in [5, 5.41) is -0.00224. The number of aromatic nitrogens is 2. The van der Waals surface area contributed by atoms with E-state index >= 15 is 0 Å². The zero-order chi connectivity index (χ0) is 14.0. The molecule has 0 aliphatic heterocycles. The van der Waals surface area contributed by atoms with Gasteiger partial charge in [0.2, 0.25) is 5.28 Å². The van der Waals surface area contributed by atoms with Gasteiger partial charge in [0.05, 0.1) is 18.1 Å². The first-order chi connectivity index (χ1) is 8.90. The van der Waals surface area contributed by atoms with E-state index in [0.29, 0.717) is 5.69 Å². The summed E-state index contributed by atoms with van der Waals surface area (Å²) < 4.78 is 27.6. The topological polar surface area (TPSA) is 72.0 Å². The highest BCUT2D eigenvalue weighted by Crippen LogP contribution is 2.25. The van der Waals surface area contributed by atoms with Crippen LogP contribution in [0.15, 0.2) is 40.0 Å². The van der Waals surface area contributed by atoms with Crippen LogP contribution in [-0.2, 0) is 10.0 Å². The number of hydrogen-bond donors (Lipinski definition) is 1. The largest absolute Gasteiger partial charge is 0.279 e. The molecule has 0 aliphatic carbocycles. The predicted octanol–water partition coefficient (Wildman–Crippen LogP) is 3.00. The molecule has 1 N–H and O–H groups in total. The molecule has 0 saturated heterocycles. The van der Waals surface area contributed by atoms with Crippen molar-refractivity contribution in [1.29, 1.82) is 0 Å². The Balaban J connectivity index is 2.36. The second-order valence-electron chi connectivity index (χ2n) is 3.71.